The topological polar surface area (TPSA) is 152 Å². The van der Waals surface area contributed by atoms with E-state index in [1.54, 1.807) is 4.57 Å². The normalized spacial score (nSPS) is 27.0. The average molecular weight is 338 g/mol. The SMILES string of the molecule is CCCCNc1nc2c(N)ncnc2n1[C@@H]1O[C@H](CO)[C@H](O)[C@@H]1O. The monoisotopic (exact) mass is 338 g/mol. The molecule has 0 bridgehead atoms. The Balaban J connectivity index is 2.04. The van der Waals surface area contributed by atoms with Crippen LogP contribution in [-0.2, 0) is 4.74 Å². The van der Waals surface area contributed by atoms with Crippen LogP contribution in [0.1, 0.15) is 26.0 Å². The number of rotatable bonds is 6. The lowest BCUT2D eigenvalue weighted by Crippen LogP contribution is -2.33. The summed E-state index contributed by atoms with van der Waals surface area (Å²) in [6.45, 7) is 2.33. The average Bonchev–Trinajstić information content (AvgIpc) is 3.07. The van der Waals surface area contributed by atoms with Crippen LogP contribution in [-0.4, -0.2) is 66.3 Å². The highest BCUT2D eigenvalue weighted by molar-refractivity contribution is 5.84. The van der Waals surface area contributed by atoms with Crippen molar-refractivity contribution in [2.24, 2.45) is 0 Å². The van der Waals surface area contributed by atoms with Crippen LogP contribution in [0, 0.1) is 0 Å². The summed E-state index contributed by atoms with van der Waals surface area (Å²) in [5.41, 5.74) is 6.63. The van der Waals surface area contributed by atoms with Gasteiger partial charge in [0.05, 0.1) is 6.61 Å². The standard InChI is InChI=1S/C14H22N6O4/c1-2-3-4-16-14-19-8-11(15)17-6-18-12(8)20(14)13-10(23)9(22)7(5-21)24-13/h6-7,9-10,13,21-23H,2-5H2,1H3,(H,16,19)(H2,15,17,18)/t7-,9+,10+,13-/m1/s1. The molecule has 0 unspecified atom stereocenters. The van der Waals surface area contributed by atoms with Crippen LogP contribution >= 0.6 is 0 Å². The van der Waals surface area contributed by atoms with Crippen molar-refractivity contribution in [2.75, 3.05) is 24.2 Å². The summed E-state index contributed by atoms with van der Waals surface area (Å²) in [4.78, 5) is 12.5. The Kier molecular flexibility index (Phi) is 4.81. The lowest BCUT2D eigenvalue weighted by atomic mass is 10.1. The number of aromatic nitrogens is 4. The number of hydrogen-bond acceptors (Lipinski definition) is 9. The second-order valence-electron chi connectivity index (χ2n) is 5.75. The minimum Gasteiger partial charge on any atom is -0.394 e. The Morgan fingerprint density at radius 2 is 2.12 bits per heavy atom. The maximum atomic E-state index is 10.3. The summed E-state index contributed by atoms with van der Waals surface area (Å²) in [6, 6.07) is 0. The van der Waals surface area contributed by atoms with Gasteiger partial charge in [-0.2, -0.15) is 0 Å². The number of nitrogens with two attached hydrogens (primary N) is 1. The maximum Gasteiger partial charge on any atom is 0.207 e. The van der Waals surface area contributed by atoms with Crippen molar-refractivity contribution in [3.63, 3.8) is 0 Å². The van der Waals surface area contributed by atoms with E-state index in [0.717, 1.165) is 12.8 Å². The van der Waals surface area contributed by atoms with Crippen molar-refractivity contribution >= 4 is 22.9 Å². The van der Waals surface area contributed by atoms with Gasteiger partial charge in [-0.1, -0.05) is 13.3 Å². The Labute approximate surface area is 138 Å². The highest BCUT2D eigenvalue weighted by Gasteiger charge is 2.45. The first kappa shape index (κ1) is 16.8. The number of hydrogen-bond donors (Lipinski definition) is 5. The van der Waals surface area contributed by atoms with Crippen LogP contribution in [0.25, 0.3) is 11.2 Å². The van der Waals surface area contributed by atoms with Crippen LogP contribution in [0.3, 0.4) is 0 Å². The molecular weight excluding hydrogens is 316 g/mol. The summed E-state index contributed by atoms with van der Waals surface area (Å²) < 4.78 is 7.15. The largest absolute Gasteiger partial charge is 0.394 e. The molecule has 2 aromatic rings. The molecular formula is C14H22N6O4. The number of nitrogens with zero attached hydrogens (tertiary/aromatic N) is 4. The number of aliphatic hydroxyl groups excluding tert-OH is 3. The smallest absolute Gasteiger partial charge is 0.207 e. The summed E-state index contributed by atoms with van der Waals surface area (Å²) in [5, 5.41) is 32.8. The van der Waals surface area contributed by atoms with Gasteiger partial charge in [0.15, 0.2) is 23.2 Å². The minimum absolute atomic E-state index is 0.212. The zero-order valence-corrected chi connectivity index (χ0v) is 13.3. The van der Waals surface area contributed by atoms with Crippen LogP contribution in [0.15, 0.2) is 6.33 Å². The number of aliphatic hydroxyl groups is 3. The van der Waals surface area contributed by atoms with Gasteiger partial charge in [-0.05, 0) is 6.42 Å². The van der Waals surface area contributed by atoms with E-state index in [1.807, 2.05) is 0 Å². The lowest BCUT2D eigenvalue weighted by Gasteiger charge is -2.19. The van der Waals surface area contributed by atoms with Gasteiger partial charge in [0.1, 0.15) is 24.6 Å². The molecule has 0 aliphatic carbocycles. The van der Waals surface area contributed by atoms with Crippen molar-refractivity contribution in [2.45, 2.75) is 44.3 Å². The molecule has 0 aromatic carbocycles. The summed E-state index contributed by atoms with van der Waals surface area (Å²) in [6.07, 6.45) is -1.04. The Morgan fingerprint density at radius 1 is 1.33 bits per heavy atom. The van der Waals surface area contributed by atoms with Crippen LogP contribution < -0.4 is 11.1 Å². The fraction of sp³-hybridized carbons (Fsp3) is 0.643. The molecule has 1 fully saturated rings. The maximum absolute atomic E-state index is 10.3. The number of ether oxygens (including phenoxy) is 1. The third kappa shape index (κ3) is 2.77. The highest BCUT2D eigenvalue weighted by Crippen LogP contribution is 2.34. The van der Waals surface area contributed by atoms with Gasteiger partial charge in [0.25, 0.3) is 0 Å². The molecule has 6 N–H and O–H groups in total. The van der Waals surface area contributed by atoms with E-state index in [-0.39, 0.29) is 5.82 Å². The second kappa shape index (κ2) is 6.85. The number of imidazole rings is 1. The number of nitrogens with one attached hydrogen (secondary N) is 1. The Bertz CT molecular complexity index is 708. The van der Waals surface area contributed by atoms with E-state index in [1.165, 1.54) is 6.33 Å². The van der Waals surface area contributed by atoms with E-state index < -0.39 is 31.1 Å². The van der Waals surface area contributed by atoms with E-state index in [4.69, 9.17) is 10.5 Å². The molecule has 0 saturated carbocycles. The van der Waals surface area contributed by atoms with Crippen molar-refractivity contribution in [1.82, 2.24) is 19.5 Å². The molecule has 24 heavy (non-hydrogen) atoms. The zero-order chi connectivity index (χ0) is 17.3. The van der Waals surface area contributed by atoms with Crippen molar-refractivity contribution in [3.05, 3.63) is 6.33 Å². The van der Waals surface area contributed by atoms with Gasteiger partial charge < -0.3 is 31.1 Å². The van der Waals surface area contributed by atoms with E-state index in [0.29, 0.717) is 23.7 Å². The molecule has 0 spiro atoms. The molecule has 10 nitrogen and oxygen atoms in total. The molecule has 1 aliphatic heterocycles. The molecule has 2 aromatic heterocycles. The predicted molar refractivity (Wildman–Crippen MR) is 86.1 cm³/mol. The third-order valence-electron chi connectivity index (χ3n) is 4.09. The summed E-state index contributed by atoms with van der Waals surface area (Å²) in [7, 11) is 0. The van der Waals surface area contributed by atoms with Gasteiger partial charge in [-0.3, -0.25) is 4.57 Å². The third-order valence-corrected chi connectivity index (χ3v) is 4.09. The van der Waals surface area contributed by atoms with Crippen molar-refractivity contribution < 1.29 is 20.1 Å². The van der Waals surface area contributed by atoms with E-state index >= 15 is 0 Å². The molecule has 1 aliphatic rings. The Hall–Kier alpha value is -2.01. The Morgan fingerprint density at radius 3 is 2.79 bits per heavy atom. The fourth-order valence-corrected chi connectivity index (χ4v) is 2.76. The lowest BCUT2D eigenvalue weighted by molar-refractivity contribution is -0.0501. The van der Waals surface area contributed by atoms with Gasteiger partial charge in [0.2, 0.25) is 5.95 Å². The molecule has 3 rings (SSSR count). The van der Waals surface area contributed by atoms with E-state index in [2.05, 4.69) is 27.2 Å². The number of unbranched alkanes of at least 4 members (excludes halogenated alkanes) is 1. The molecule has 0 amide bonds. The second-order valence-corrected chi connectivity index (χ2v) is 5.75. The quantitative estimate of drug-likeness (QED) is 0.428. The molecule has 10 heteroatoms. The number of nitrogen functional groups attached to an aromatic ring is 1. The first-order valence-electron chi connectivity index (χ1n) is 7.93. The molecule has 4 atom stereocenters. The highest BCUT2D eigenvalue weighted by atomic mass is 16.6. The fourth-order valence-electron chi connectivity index (χ4n) is 2.76. The van der Waals surface area contributed by atoms with E-state index in [9.17, 15) is 15.3 Å². The van der Waals surface area contributed by atoms with Gasteiger partial charge in [-0.15, -0.1) is 0 Å². The van der Waals surface area contributed by atoms with Gasteiger partial charge in [-0.25, -0.2) is 15.0 Å². The van der Waals surface area contributed by atoms with Crippen molar-refractivity contribution in [1.29, 1.82) is 0 Å². The molecule has 1 saturated heterocycles. The molecule has 0 radical (unpaired) electrons. The van der Waals surface area contributed by atoms with Gasteiger partial charge in [0, 0.05) is 6.54 Å². The first-order valence-corrected chi connectivity index (χ1v) is 7.93. The van der Waals surface area contributed by atoms with Crippen LogP contribution in [0.5, 0.6) is 0 Å². The molecule has 3 heterocycles. The minimum atomic E-state index is -1.23. The number of fused-ring (bicyclic) bond motifs is 1. The van der Waals surface area contributed by atoms with Crippen LogP contribution in [0.4, 0.5) is 11.8 Å². The van der Waals surface area contributed by atoms with Crippen LogP contribution in [0.2, 0.25) is 0 Å². The summed E-state index contributed by atoms with van der Waals surface area (Å²) >= 11 is 0. The zero-order valence-electron chi connectivity index (χ0n) is 13.3. The number of anilines is 2. The molecule has 132 valence electrons. The van der Waals surface area contributed by atoms with Gasteiger partial charge >= 0.3 is 0 Å². The predicted octanol–water partition coefficient (Wildman–Crippen LogP) is -0.768. The van der Waals surface area contributed by atoms with Crippen molar-refractivity contribution in [3.8, 4) is 0 Å². The first-order chi connectivity index (χ1) is 11.6. The summed E-state index contributed by atoms with van der Waals surface area (Å²) in [5.74, 6) is 0.629.